The second-order valence-electron chi connectivity index (χ2n) is 18.4. The Morgan fingerprint density at radius 2 is 1.45 bits per heavy atom. The minimum absolute atomic E-state index is 0.248. The molecule has 3 aliphatic heterocycles. The van der Waals surface area contributed by atoms with E-state index in [2.05, 4.69) is 123 Å². The highest BCUT2D eigenvalue weighted by molar-refractivity contribution is 14.2. The Morgan fingerprint density at radius 3 is 2.15 bits per heavy atom. The minimum atomic E-state index is -0.360. The van der Waals surface area contributed by atoms with Crippen LogP contribution < -0.4 is 38.3 Å². The van der Waals surface area contributed by atoms with Crippen molar-refractivity contribution in [1.82, 2.24) is 24.8 Å². The Balaban J connectivity index is 0.819. The van der Waals surface area contributed by atoms with Gasteiger partial charge in [-0.05, 0) is 123 Å². The average Bonchev–Trinajstić information content (AvgIpc) is 3.87. The lowest BCUT2D eigenvalue weighted by molar-refractivity contribution is -0.0437. The van der Waals surface area contributed by atoms with E-state index in [1.165, 1.54) is 17.1 Å². The van der Waals surface area contributed by atoms with E-state index in [0.29, 0.717) is 42.8 Å². The molecule has 2 aliphatic carbocycles. The van der Waals surface area contributed by atoms with Gasteiger partial charge in [-0.1, -0.05) is 12.7 Å². The lowest BCUT2D eigenvalue weighted by Crippen LogP contribution is -2.44. The predicted octanol–water partition coefficient (Wildman–Crippen LogP) is 7.52. The molecule has 5 aliphatic rings. The molecule has 0 amide bonds. The molecule has 5 heterocycles. The predicted molar refractivity (Wildman–Crippen MR) is 278 cm³/mol. The standard InChI is InChI=1S/C51H66IN11O3/c1-4-39(32-60(3)43-13-15-44(16-14-43)61-23-21-59(2)22-24-61)50-48(66-34-37-5-9-41(53)10-6-37)31-55-51(58-50)57-42-11-7-38(8-12-42)35-65-47-30-54-36-56-49(47)40-29-52-63(33-40)46-19-17-45(18-20-46)62-25-27-64-28-26-62/h4,13-20,29-33,36-38,41-42H,1,5-12,21-28,34-35,53H2,2-3H3,(H,55,57,58)/p+1/b39-32+. The minimum Gasteiger partial charge on any atom is -0.489 e. The van der Waals surface area contributed by atoms with Gasteiger partial charge in [0.2, 0.25) is 5.95 Å². The molecule has 0 unspecified atom stereocenters. The highest BCUT2D eigenvalue weighted by Gasteiger charge is 2.26. The van der Waals surface area contributed by atoms with Crippen LogP contribution in [0.5, 0.6) is 11.5 Å². The third-order valence-electron chi connectivity index (χ3n) is 13.7. The molecule has 66 heavy (non-hydrogen) atoms. The van der Waals surface area contributed by atoms with Gasteiger partial charge in [-0.25, -0.2) is 19.9 Å². The Bertz CT molecular complexity index is 2310. The number of piperazine rings is 1. The van der Waals surface area contributed by atoms with Crippen molar-refractivity contribution in [3.05, 3.63) is 104 Å². The molecule has 0 radical (unpaired) electrons. The lowest BCUT2D eigenvalue weighted by Gasteiger charge is -2.34. The molecule has 4 N–H and O–H groups in total. The smallest absolute Gasteiger partial charge is 0.223 e. The Labute approximate surface area is 401 Å². The normalized spacial score (nSPS) is 22.9. The molecule has 4 aromatic rings. The summed E-state index contributed by atoms with van der Waals surface area (Å²) in [6.07, 6.45) is 19.7. The number of likely N-dealkylation sites (N-methyl/N-ethyl adjacent to an activating group) is 1. The second-order valence-corrected chi connectivity index (χ2v) is 20.6. The van der Waals surface area contributed by atoms with E-state index >= 15 is 0 Å². The van der Waals surface area contributed by atoms with Crippen LogP contribution in [-0.4, -0.2) is 125 Å². The van der Waals surface area contributed by atoms with Crippen LogP contribution in [0.15, 0.2) is 92.3 Å². The number of nitrogens with one attached hydrogen (secondary N) is 1. The summed E-state index contributed by atoms with van der Waals surface area (Å²) >= 11 is -0.360. The van der Waals surface area contributed by atoms with E-state index in [9.17, 15) is 0 Å². The number of anilines is 5. The van der Waals surface area contributed by atoms with Gasteiger partial charge < -0.3 is 44.9 Å². The van der Waals surface area contributed by atoms with Gasteiger partial charge in [0.1, 0.15) is 17.7 Å². The van der Waals surface area contributed by atoms with Crippen LogP contribution in [0.25, 0.3) is 11.1 Å². The third-order valence-corrected chi connectivity index (χ3v) is 16.1. The SMILES string of the molecule is C=C/C(=C\N(C)c1ccc(N2CCN(C)CC2)cc1)c1nc(NC2CCC(COc3cncnc3C3=CN(c4ccc(N5CC[OH+]CC5)cc4)I=C3)CC2)ncc1OCC1CCC(N)CC1. The number of hydrogen-bond donors (Lipinski definition) is 2. The molecule has 2 aromatic carbocycles. The van der Waals surface area contributed by atoms with Gasteiger partial charge in [0, 0.05) is 107 Å². The van der Waals surface area contributed by atoms with Crippen LogP contribution in [0.1, 0.15) is 62.8 Å². The molecule has 14 nitrogen and oxygen atoms in total. The highest BCUT2D eigenvalue weighted by atomic mass is 127. The molecule has 15 heteroatoms. The Morgan fingerprint density at radius 1 is 0.818 bits per heavy atom. The molecular weight excluding hydrogens is 942 g/mol. The highest BCUT2D eigenvalue weighted by Crippen LogP contribution is 2.36. The monoisotopic (exact) mass is 1010 g/mol. The first kappa shape index (κ1) is 46.0. The summed E-state index contributed by atoms with van der Waals surface area (Å²) in [5.41, 5.74) is 14.6. The number of rotatable bonds is 16. The molecular formula is C51H67IN11O3+. The van der Waals surface area contributed by atoms with Crippen molar-refractivity contribution in [2.45, 2.75) is 63.5 Å². The van der Waals surface area contributed by atoms with Crippen molar-refractivity contribution in [3.63, 3.8) is 0 Å². The number of halogens is 1. The van der Waals surface area contributed by atoms with Gasteiger partial charge in [0.15, 0.2) is 24.7 Å². The molecule has 0 atom stereocenters. The van der Waals surface area contributed by atoms with Gasteiger partial charge in [-0.15, -0.1) is 0 Å². The third kappa shape index (κ3) is 11.7. The topological polar surface area (TPSA) is 137 Å². The Hall–Kier alpha value is -5.10. The number of ether oxygens (including phenoxy) is 3. The fourth-order valence-corrected chi connectivity index (χ4v) is 11.6. The van der Waals surface area contributed by atoms with Crippen molar-refractivity contribution in [3.8, 4) is 11.5 Å². The maximum absolute atomic E-state index is 6.54. The number of benzene rings is 2. The van der Waals surface area contributed by atoms with Crippen LogP contribution in [0, 0.1) is 11.8 Å². The summed E-state index contributed by atoms with van der Waals surface area (Å²) in [5.74, 6) is 2.91. The van der Waals surface area contributed by atoms with Crippen LogP contribution >= 0.6 is 21.0 Å². The fourth-order valence-electron chi connectivity index (χ4n) is 9.47. The lowest BCUT2D eigenvalue weighted by atomic mass is 9.86. The fraction of sp³-hybridized carbons (Fsp3) is 0.471. The van der Waals surface area contributed by atoms with E-state index in [0.717, 1.165) is 138 Å². The number of hydrogen-bond acceptors (Lipinski definition) is 13. The summed E-state index contributed by atoms with van der Waals surface area (Å²) in [6.45, 7) is 13.5. The zero-order chi connectivity index (χ0) is 45.2. The molecule has 0 spiro atoms. The van der Waals surface area contributed by atoms with E-state index in [1.54, 1.807) is 6.33 Å². The van der Waals surface area contributed by atoms with Crippen molar-refractivity contribution < 1.29 is 14.2 Å². The van der Waals surface area contributed by atoms with E-state index in [4.69, 9.17) is 30.2 Å². The van der Waals surface area contributed by atoms with Gasteiger partial charge in [-0.2, -0.15) is 0 Å². The maximum atomic E-state index is 6.54. The second kappa shape index (κ2) is 22.1. The average molecular weight is 1010 g/mol. The van der Waals surface area contributed by atoms with Gasteiger partial charge in [0.25, 0.3) is 0 Å². The molecule has 2 saturated heterocycles. The quantitative estimate of drug-likeness (QED) is 0.0496. The largest absolute Gasteiger partial charge is 0.489 e. The number of allylic oxidation sites excluding steroid dienone is 3. The summed E-state index contributed by atoms with van der Waals surface area (Å²) < 4.78 is 22.2. The molecule has 2 aromatic heterocycles. The van der Waals surface area contributed by atoms with E-state index in [1.807, 2.05) is 18.5 Å². The molecule has 9 rings (SSSR count). The van der Waals surface area contributed by atoms with Crippen LogP contribution in [-0.2, 0) is 0 Å². The van der Waals surface area contributed by atoms with Crippen LogP contribution in [0.3, 0.4) is 0 Å². The van der Waals surface area contributed by atoms with E-state index in [-0.39, 0.29) is 27.0 Å². The number of nitrogens with two attached hydrogens (primary N) is 1. The molecule has 4 fully saturated rings. The first-order valence-corrected chi connectivity index (χ1v) is 26.1. The number of morpholine rings is 1. The number of nitrogens with zero attached hydrogens (tertiary/aromatic N) is 9. The summed E-state index contributed by atoms with van der Waals surface area (Å²) in [7, 11) is 4.26. The summed E-state index contributed by atoms with van der Waals surface area (Å²) in [4.78, 5) is 28.4. The number of aromatic nitrogens is 4. The van der Waals surface area contributed by atoms with Crippen LogP contribution in [0.4, 0.5) is 28.7 Å². The first-order valence-electron chi connectivity index (χ1n) is 23.9. The number of aliphatic hydroxyl groups is 2. The van der Waals surface area contributed by atoms with Crippen molar-refractivity contribution in [2.75, 3.05) is 103 Å². The van der Waals surface area contributed by atoms with Gasteiger partial charge in [-0.3, -0.25) is 3.11 Å². The maximum Gasteiger partial charge on any atom is 0.223 e. The van der Waals surface area contributed by atoms with Crippen LogP contribution in [0.2, 0.25) is 0 Å². The molecule has 2 saturated carbocycles. The van der Waals surface area contributed by atoms with Gasteiger partial charge >= 0.3 is 0 Å². The zero-order valence-electron chi connectivity index (χ0n) is 38.6. The van der Waals surface area contributed by atoms with E-state index < -0.39 is 0 Å². The molecule has 0 bridgehead atoms. The van der Waals surface area contributed by atoms with Crippen molar-refractivity contribution >= 4 is 64.9 Å². The summed E-state index contributed by atoms with van der Waals surface area (Å²) in [6, 6.07) is 18.3. The Kier molecular flexibility index (Phi) is 15.4. The summed E-state index contributed by atoms with van der Waals surface area (Å²) in [5, 5.41) is 3.69. The first-order chi connectivity index (χ1) is 32.3. The van der Waals surface area contributed by atoms with Crippen molar-refractivity contribution in [1.29, 1.82) is 0 Å². The molecule has 350 valence electrons. The van der Waals surface area contributed by atoms with Gasteiger partial charge in [0.05, 0.1) is 44.4 Å². The zero-order valence-corrected chi connectivity index (χ0v) is 40.8. The van der Waals surface area contributed by atoms with Crippen molar-refractivity contribution in [2.24, 2.45) is 17.6 Å².